The highest BCUT2D eigenvalue weighted by atomic mass is 79.9. The van der Waals surface area contributed by atoms with Crippen molar-refractivity contribution in [3.05, 3.63) is 21.0 Å². The van der Waals surface area contributed by atoms with Crippen LogP contribution >= 0.6 is 31.9 Å². The fraction of sp³-hybridized carbons (Fsp3) is 0.600. The maximum Gasteiger partial charge on any atom is 0.183 e. The maximum absolute atomic E-state index is 5.62. The highest BCUT2D eigenvalue weighted by Gasteiger charge is 2.43. The van der Waals surface area contributed by atoms with Gasteiger partial charge in [0, 0.05) is 12.0 Å². The van der Waals surface area contributed by atoms with Crippen LogP contribution in [-0.2, 0) is 0 Å². The molecule has 1 aliphatic rings. The quantitative estimate of drug-likeness (QED) is 0.894. The number of nitrogens with one attached hydrogen (secondary N) is 1. The van der Waals surface area contributed by atoms with Crippen molar-refractivity contribution in [2.45, 2.75) is 26.3 Å². The highest BCUT2D eigenvalue weighted by molar-refractivity contribution is 9.13. The third-order valence-electron chi connectivity index (χ3n) is 3.16. The number of rotatable bonds is 2. The van der Waals surface area contributed by atoms with Crippen molar-refractivity contribution < 1.29 is 4.42 Å². The summed E-state index contributed by atoms with van der Waals surface area (Å²) in [5, 5.41) is 3.41. The molecule has 1 aromatic heterocycles. The summed E-state index contributed by atoms with van der Waals surface area (Å²) in [5.41, 5.74) is 0.344. The standard InChI is InChI=1S/C10H13Br2NO/c1-3-10(2)5-13-8(10)7-4-6(11)9(12)14-7/h4,8,13H,3,5H2,1-2H3. The average molecular weight is 323 g/mol. The summed E-state index contributed by atoms with van der Waals surface area (Å²) in [5.74, 6) is 1.01. The van der Waals surface area contributed by atoms with Crippen LogP contribution in [0.25, 0.3) is 0 Å². The van der Waals surface area contributed by atoms with Crippen molar-refractivity contribution in [2.75, 3.05) is 6.54 Å². The van der Waals surface area contributed by atoms with E-state index in [0.29, 0.717) is 11.5 Å². The van der Waals surface area contributed by atoms with Crippen molar-refractivity contribution in [1.29, 1.82) is 0 Å². The molecule has 1 fully saturated rings. The van der Waals surface area contributed by atoms with Crippen LogP contribution in [0.5, 0.6) is 0 Å². The smallest absolute Gasteiger partial charge is 0.183 e. The molecule has 0 spiro atoms. The van der Waals surface area contributed by atoms with Crippen molar-refractivity contribution in [3.8, 4) is 0 Å². The molecule has 2 unspecified atom stereocenters. The number of halogens is 2. The van der Waals surface area contributed by atoms with Crippen LogP contribution in [-0.4, -0.2) is 6.54 Å². The van der Waals surface area contributed by atoms with Gasteiger partial charge in [0.2, 0.25) is 0 Å². The first-order chi connectivity index (χ1) is 6.57. The summed E-state index contributed by atoms with van der Waals surface area (Å²) in [6.07, 6.45) is 1.17. The molecule has 2 heterocycles. The molecule has 0 radical (unpaired) electrons. The first-order valence-corrected chi connectivity index (χ1v) is 6.33. The van der Waals surface area contributed by atoms with Gasteiger partial charge in [0.1, 0.15) is 5.76 Å². The van der Waals surface area contributed by atoms with Gasteiger partial charge in [0.15, 0.2) is 4.67 Å². The van der Waals surface area contributed by atoms with Gasteiger partial charge in [-0.25, -0.2) is 0 Å². The van der Waals surface area contributed by atoms with E-state index >= 15 is 0 Å². The van der Waals surface area contributed by atoms with Crippen LogP contribution in [0.15, 0.2) is 19.6 Å². The molecule has 0 saturated carbocycles. The van der Waals surface area contributed by atoms with Crippen LogP contribution < -0.4 is 5.32 Å². The molecule has 2 rings (SSSR count). The minimum Gasteiger partial charge on any atom is -0.451 e. The largest absolute Gasteiger partial charge is 0.451 e. The van der Waals surface area contributed by atoms with Crippen molar-refractivity contribution >= 4 is 31.9 Å². The Labute approximate surface area is 101 Å². The monoisotopic (exact) mass is 321 g/mol. The summed E-state index contributed by atoms with van der Waals surface area (Å²) in [6, 6.07) is 2.39. The lowest BCUT2D eigenvalue weighted by molar-refractivity contribution is 0.0807. The lowest BCUT2D eigenvalue weighted by Gasteiger charge is -2.46. The Balaban J connectivity index is 2.24. The Hall–Kier alpha value is 0.200. The second-order valence-electron chi connectivity index (χ2n) is 4.09. The van der Waals surface area contributed by atoms with Gasteiger partial charge >= 0.3 is 0 Å². The minimum absolute atomic E-state index is 0.344. The molecule has 2 nitrogen and oxygen atoms in total. The van der Waals surface area contributed by atoms with Crippen LogP contribution in [0.4, 0.5) is 0 Å². The molecule has 0 amide bonds. The molecule has 2 atom stereocenters. The minimum atomic E-state index is 0.344. The summed E-state index contributed by atoms with van der Waals surface area (Å²) < 4.78 is 7.39. The average Bonchev–Trinajstić information content (AvgIpc) is 2.43. The Kier molecular flexibility index (Phi) is 2.79. The van der Waals surface area contributed by atoms with E-state index in [4.69, 9.17) is 4.42 Å². The SMILES string of the molecule is CCC1(C)CNC1c1cc(Br)c(Br)o1. The van der Waals surface area contributed by atoms with Crippen LogP contribution in [0.3, 0.4) is 0 Å². The first-order valence-electron chi connectivity index (χ1n) is 4.75. The Morgan fingerprint density at radius 2 is 2.36 bits per heavy atom. The normalized spacial score (nSPS) is 31.6. The predicted molar refractivity (Wildman–Crippen MR) is 63.2 cm³/mol. The second-order valence-corrected chi connectivity index (χ2v) is 5.67. The topological polar surface area (TPSA) is 25.2 Å². The Bertz CT molecular complexity index is 326. The van der Waals surface area contributed by atoms with E-state index in [2.05, 4.69) is 51.0 Å². The van der Waals surface area contributed by atoms with Crippen LogP contribution in [0.1, 0.15) is 32.1 Å². The lowest BCUT2D eigenvalue weighted by atomic mass is 9.72. The summed E-state index contributed by atoms with van der Waals surface area (Å²) >= 11 is 6.78. The molecule has 4 heteroatoms. The van der Waals surface area contributed by atoms with Crippen molar-refractivity contribution in [1.82, 2.24) is 5.32 Å². The fourth-order valence-corrected chi connectivity index (χ4v) is 2.44. The zero-order chi connectivity index (χ0) is 10.3. The number of hydrogen-bond donors (Lipinski definition) is 1. The molecule has 0 aromatic carbocycles. The van der Waals surface area contributed by atoms with Gasteiger partial charge in [-0.05, 0) is 44.3 Å². The predicted octanol–water partition coefficient (Wildman–Crippen LogP) is 3.87. The van der Waals surface area contributed by atoms with E-state index in [0.717, 1.165) is 21.4 Å². The molecule has 1 aromatic rings. The molecule has 1 saturated heterocycles. The van der Waals surface area contributed by atoms with Gasteiger partial charge in [-0.1, -0.05) is 13.8 Å². The van der Waals surface area contributed by atoms with Gasteiger partial charge in [-0.15, -0.1) is 0 Å². The molecule has 14 heavy (non-hydrogen) atoms. The molecular formula is C10H13Br2NO. The van der Waals surface area contributed by atoms with Gasteiger partial charge in [0.05, 0.1) is 10.5 Å². The van der Waals surface area contributed by atoms with Crippen LogP contribution in [0, 0.1) is 5.41 Å². The second kappa shape index (κ2) is 3.65. The molecular weight excluding hydrogens is 310 g/mol. The van der Waals surface area contributed by atoms with Gasteiger partial charge < -0.3 is 9.73 Å². The van der Waals surface area contributed by atoms with E-state index in [-0.39, 0.29) is 0 Å². The Morgan fingerprint density at radius 3 is 2.71 bits per heavy atom. The lowest BCUT2D eigenvalue weighted by Crippen LogP contribution is -2.53. The highest BCUT2D eigenvalue weighted by Crippen LogP contribution is 2.45. The molecule has 1 aliphatic heterocycles. The van der Waals surface area contributed by atoms with E-state index in [1.165, 1.54) is 6.42 Å². The van der Waals surface area contributed by atoms with Gasteiger partial charge in [0.25, 0.3) is 0 Å². The number of furan rings is 1. The fourth-order valence-electron chi connectivity index (χ4n) is 1.83. The first kappa shape index (κ1) is 10.7. The van der Waals surface area contributed by atoms with E-state index < -0.39 is 0 Å². The third kappa shape index (κ3) is 1.57. The molecule has 78 valence electrons. The summed E-state index contributed by atoms with van der Waals surface area (Å²) in [6.45, 7) is 5.59. The van der Waals surface area contributed by atoms with E-state index in [9.17, 15) is 0 Å². The van der Waals surface area contributed by atoms with Crippen LogP contribution in [0.2, 0.25) is 0 Å². The van der Waals surface area contributed by atoms with E-state index in [1.807, 2.05) is 6.07 Å². The summed E-state index contributed by atoms with van der Waals surface area (Å²) in [4.78, 5) is 0. The Morgan fingerprint density at radius 1 is 1.64 bits per heavy atom. The third-order valence-corrected chi connectivity index (χ3v) is 4.87. The maximum atomic E-state index is 5.62. The molecule has 0 bridgehead atoms. The summed E-state index contributed by atoms with van der Waals surface area (Å²) in [7, 11) is 0. The van der Waals surface area contributed by atoms with Crippen molar-refractivity contribution in [3.63, 3.8) is 0 Å². The zero-order valence-electron chi connectivity index (χ0n) is 8.23. The van der Waals surface area contributed by atoms with E-state index in [1.54, 1.807) is 0 Å². The number of hydrogen-bond acceptors (Lipinski definition) is 2. The molecule has 0 aliphatic carbocycles. The zero-order valence-corrected chi connectivity index (χ0v) is 11.4. The van der Waals surface area contributed by atoms with Gasteiger partial charge in [-0.3, -0.25) is 0 Å². The van der Waals surface area contributed by atoms with Gasteiger partial charge in [-0.2, -0.15) is 0 Å². The van der Waals surface area contributed by atoms with Crippen molar-refractivity contribution in [2.24, 2.45) is 5.41 Å². The molecule has 1 N–H and O–H groups in total.